The van der Waals surface area contributed by atoms with Crippen molar-refractivity contribution in [2.24, 2.45) is 0 Å². The Morgan fingerprint density at radius 1 is 1.22 bits per heavy atom. The number of nitrogens with zero attached hydrogens (tertiary/aromatic N) is 3. The quantitative estimate of drug-likeness (QED) is 0.761. The van der Waals surface area contributed by atoms with Crippen molar-refractivity contribution in [2.75, 3.05) is 5.32 Å². The van der Waals surface area contributed by atoms with Gasteiger partial charge in [-0.15, -0.1) is 0 Å². The number of aryl methyl sites for hydroxylation is 1. The maximum Gasteiger partial charge on any atom is 0.352 e. The third-order valence-electron chi connectivity index (χ3n) is 3.94. The van der Waals surface area contributed by atoms with Gasteiger partial charge in [0.1, 0.15) is 17.6 Å². The fraction of sp³-hybridized carbons (Fsp3) is 0.118. The molecule has 2 heterocycles. The van der Waals surface area contributed by atoms with E-state index in [1.807, 2.05) is 42.5 Å². The predicted molar refractivity (Wildman–Crippen MR) is 86.2 cm³/mol. The lowest BCUT2D eigenvalue weighted by atomic mass is 9.97. The highest BCUT2D eigenvalue weighted by atomic mass is 16.4. The van der Waals surface area contributed by atoms with Gasteiger partial charge in [0.2, 0.25) is 5.95 Å². The maximum atomic E-state index is 11.4. The molecule has 4 rings (SSSR count). The van der Waals surface area contributed by atoms with E-state index in [1.54, 1.807) is 17.7 Å². The van der Waals surface area contributed by atoms with Gasteiger partial charge in [-0.05, 0) is 29.3 Å². The molecule has 0 fully saturated rings. The minimum absolute atomic E-state index is 0.114. The third kappa shape index (κ3) is 2.15. The van der Waals surface area contributed by atoms with Crippen molar-refractivity contribution in [3.63, 3.8) is 0 Å². The number of anilines is 1. The lowest BCUT2D eigenvalue weighted by Crippen LogP contribution is -2.24. The number of aliphatic carboxylic acids is 1. The van der Waals surface area contributed by atoms with Crippen molar-refractivity contribution < 1.29 is 9.90 Å². The van der Waals surface area contributed by atoms with Crippen LogP contribution in [-0.4, -0.2) is 25.8 Å². The summed E-state index contributed by atoms with van der Waals surface area (Å²) < 4.78 is 1.73. The Labute approximate surface area is 132 Å². The normalized spacial score (nSPS) is 16.6. The van der Waals surface area contributed by atoms with Gasteiger partial charge in [-0.2, -0.15) is 10.1 Å². The summed E-state index contributed by atoms with van der Waals surface area (Å²) in [5, 5.41) is 18.8. The first-order valence-electron chi connectivity index (χ1n) is 7.26. The van der Waals surface area contributed by atoms with Crippen molar-refractivity contribution >= 4 is 22.7 Å². The van der Waals surface area contributed by atoms with Crippen LogP contribution in [0.25, 0.3) is 10.8 Å². The average Bonchev–Trinajstić information content (AvgIpc) is 2.93. The number of rotatable bonds is 2. The molecule has 6 heteroatoms. The molecule has 0 bridgehead atoms. The van der Waals surface area contributed by atoms with Crippen molar-refractivity contribution in [3.8, 4) is 0 Å². The van der Waals surface area contributed by atoms with Gasteiger partial charge in [0.15, 0.2) is 0 Å². The summed E-state index contributed by atoms with van der Waals surface area (Å²) in [6.45, 7) is 1.79. The minimum Gasteiger partial charge on any atom is -0.477 e. The zero-order valence-electron chi connectivity index (χ0n) is 12.4. The maximum absolute atomic E-state index is 11.4. The van der Waals surface area contributed by atoms with Gasteiger partial charge in [-0.1, -0.05) is 42.5 Å². The Bertz CT molecular complexity index is 953. The first-order valence-corrected chi connectivity index (χ1v) is 7.26. The van der Waals surface area contributed by atoms with Gasteiger partial charge in [-0.3, -0.25) is 0 Å². The molecule has 23 heavy (non-hydrogen) atoms. The van der Waals surface area contributed by atoms with Crippen LogP contribution in [0.15, 0.2) is 54.2 Å². The number of carboxylic acid groups (broad SMARTS) is 1. The second-order valence-electron chi connectivity index (χ2n) is 5.45. The van der Waals surface area contributed by atoms with Crippen LogP contribution in [-0.2, 0) is 4.79 Å². The Kier molecular flexibility index (Phi) is 2.90. The number of carbonyl (C=O) groups is 1. The molecular weight excluding hydrogens is 292 g/mol. The van der Waals surface area contributed by atoms with Crippen molar-refractivity contribution in [1.29, 1.82) is 0 Å². The standard InChI is InChI=1S/C17H14N4O2/c1-10-18-17-19-14(16(22)23)9-15(21(17)20-10)13-8-4-6-11-5-2-3-7-12(11)13/h2-9,15H,1H3,(H,22,23)(H,18,19,20). The smallest absolute Gasteiger partial charge is 0.352 e. The Hall–Kier alpha value is -3.15. The highest BCUT2D eigenvalue weighted by Gasteiger charge is 2.27. The Morgan fingerprint density at radius 3 is 2.83 bits per heavy atom. The second kappa shape index (κ2) is 4.95. The van der Waals surface area contributed by atoms with Crippen molar-refractivity contribution in [1.82, 2.24) is 14.8 Å². The number of nitrogens with one attached hydrogen (secondary N) is 1. The van der Waals surface area contributed by atoms with Gasteiger partial charge in [0.25, 0.3) is 0 Å². The molecule has 1 unspecified atom stereocenters. The lowest BCUT2D eigenvalue weighted by molar-refractivity contribution is -0.132. The molecule has 1 aliphatic heterocycles. The molecule has 6 nitrogen and oxygen atoms in total. The van der Waals surface area contributed by atoms with Crippen LogP contribution in [0.1, 0.15) is 17.4 Å². The third-order valence-corrected chi connectivity index (χ3v) is 3.94. The van der Waals surface area contributed by atoms with E-state index < -0.39 is 5.97 Å². The molecule has 0 saturated heterocycles. The fourth-order valence-corrected chi connectivity index (χ4v) is 2.95. The number of aromatic nitrogens is 3. The fourth-order valence-electron chi connectivity index (χ4n) is 2.95. The molecular formula is C17H14N4O2. The molecule has 114 valence electrons. The average molecular weight is 306 g/mol. The monoisotopic (exact) mass is 306 g/mol. The molecule has 0 aliphatic carbocycles. The van der Waals surface area contributed by atoms with Crippen LogP contribution >= 0.6 is 0 Å². The number of fused-ring (bicyclic) bond motifs is 2. The van der Waals surface area contributed by atoms with Crippen LogP contribution in [0.3, 0.4) is 0 Å². The molecule has 0 amide bonds. The lowest BCUT2D eigenvalue weighted by Gasteiger charge is -2.23. The minimum atomic E-state index is -1.01. The molecule has 3 aromatic rings. The molecule has 1 aromatic heterocycles. The van der Waals surface area contributed by atoms with E-state index >= 15 is 0 Å². The van der Waals surface area contributed by atoms with Crippen LogP contribution in [0.4, 0.5) is 5.95 Å². The van der Waals surface area contributed by atoms with Crippen LogP contribution in [0, 0.1) is 6.92 Å². The van der Waals surface area contributed by atoms with Crippen molar-refractivity contribution in [2.45, 2.75) is 13.0 Å². The molecule has 1 atom stereocenters. The molecule has 1 aliphatic rings. The van der Waals surface area contributed by atoms with E-state index in [2.05, 4.69) is 15.4 Å². The molecule has 0 spiro atoms. The summed E-state index contributed by atoms with van der Waals surface area (Å²) >= 11 is 0. The molecule has 2 N–H and O–H groups in total. The van der Waals surface area contributed by atoms with E-state index in [1.165, 1.54) is 0 Å². The molecule has 0 radical (unpaired) electrons. The molecule has 2 aromatic carbocycles. The van der Waals surface area contributed by atoms with E-state index in [0.29, 0.717) is 11.8 Å². The van der Waals surface area contributed by atoms with E-state index in [-0.39, 0.29) is 11.7 Å². The number of hydrogen-bond donors (Lipinski definition) is 2. The van der Waals surface area contributed by atoms with Crippen LogP contribution in [0.2, 0.25) is 0 Å². The summed E-state index contributed by atoms with van der Waals surface area (Å²) in [4.78, 5) is 15.7. The number of hydrogen-bond acceptors (Lipinski definition) is 4. The van der Waals surface area contributed by atoms with Gasteiger partial charge in [-0.25, -0.2) is 9.48 Å². The molecule has 0 saturated carbocycles. The number of allylic oxidation sites excluding steroid dienone is 1. The highest BCUT2D eigenvalue weighted by molar-refractivity contribution is 5.91. The zero-order chi connectivity index (χ0) is 16.0. The van der Waals surface area contributed by atoms with Gasteiger partial charge < -0.3 is 10.4 Å². The summed E-state index contributed by atoms with van der Waals surface area (Å²) in [5.74, 6) is 0.0280. The van der Waals surface area contributed by atoms with Gasteiger partial charge in [0.05, 0.1) is 0 Å². The summed E-state index contributed by atoms with van der Waals surface area (Å²) in [6, 6.07) is 13.7. The van der Waals surface area contributed by atoms with Crippen LogP contribution < -0.4 is 5.32 Å². The largest absolute Gasteiger partial charge is 0.477 e. The van der Waals surface area contributed by atoms with Crippen LogP contribution in [0.5, 0.6) is 0 Å². The number of carboxylic acids is 1. The second-order valence-corrected chi connectivity index (χ2v) is 5.45. The zero-order valence-corrected chi connectivity index (χ0v) is 12.4. The first-order chi connectivity index (χ1) is 11.1. The predicted octanol–water partition coefficient (Wildman–Crippen LogP) is 2.72. The summed E-state index contributed by atoms with van der Waals surface area (Å²) in [7, 11) is 0. The topological polar surface area (TPSA) is 80.0 Å². The van der Waals surface area contributed by atoms with Gasteiger partial charge >= 0.3 is 5.97 Å². The summed E-state index contributed by atoms with van der Waals surface area (Å²) in [5.41, 5.74) is 1.11. The van der Waals surface area contributed by atoms with E-state index in [0.717, 1.165) is 16.3 Å². The Balaban J connectivity index is 1.97. The summed E-state index contributed by atoms with van der Waals surface area (Å²) in [6.07, 6.45) is 1.67. The van der Waals surface area contributed by atoms with E-state index in [9.17, 15) is 9.90 Å². The highest BCUT2D eigenvalue weighted by Crippen LogP contribution is 2.33. The Morgan fingerprint density at radius 2 is 2.00 bits per heavy atom. The SMILES string of the molecule is Cc1nc2n(n1)C(c1cccc3ccccc13)C=C(C(=O)O)N2. The van der Waals surface area contributed by atoms with Crippen molar-refractivity contribution in [3.05, 3.63) is 65.6 Å². The first kappa shape index (κ1) is 13.5. The van der Waals surface area contributed by atoms with Gasteiger partial charge in [0, 0.05) is 0 Å². The van der Waals surface area contributed by atoms with E-state index in [4.69, 9.17) is 0 Å². The number of benzene rings is 2.